The summed E-state index contributed by atoms with van der Waals surface area (Å²) < 4.78 is 14.2. The second-order valence-electron chi connectivity index (χ2n) is 14.0. The number of nitrogens with zero attached hydrogens (tertiary/aromatic N) is 1. The minimum atomic E-state index is -0.469. The molecule has 2 heteroatoms. The number of rotatable bonds is 4. The molecule has 8 aromatic carbocycles. The van der Waals surface area contributed by atoms with Gasteiger partial charge in [0, 0.05) is 17.1 Å². The molecule has 0 aromatic heterocycles. The van der Waals surface area contributed by atoms with Crippen molar-refractivity contribution in [2.45, 2.75) is 25.2 Å². The van der Waals surface area contributed by atoms with Crippen LogP contribution >= 0.6 is 0 Å². The lowest BCUT2D eigenvalue weighted by Crippen LogP contribution is -2.26. The summed E-state index contributed by atoms with van der Waals surface area (Å²) >= 11 is 0. The molecule has 0 radical (unpaired) electrons. The number of halogens is 1. The standard InChI is InChI=1S/C48H34FN/c1-30(2)31-15-21-35(22-16-31)50(36-23-19-34(49)20-24-36)37-25-28-39-33(29-37)18-27-43-42-26-17-32-9-3-4-10-38(32)46(42)48(47(39)43)44-13-7-5-11-40(44)41-12-6-8-14-45(41)48/h3-30H,1-2H3. The molecule has 50 heavy (non-hydrogen) atoms. The third kappa shape index (κ3) is 3.93. The zero-order valence-corrected chi connectivity index (χ0v) is 28.0. The molecule has 1 nitrogen and oxygen atoms in total. The first kappa shape index (κ1) is 29.0. The molecule has 0 heterocycles. The fourth-order valence-electron chi connectivity index (χ4n) is 8.93. The van der Waals surface area contributed by atoms with Crippen LogP contribution in [0.3, 0.4) is 0 Å². The zero-order chi connectivity index (χ0) is 33.6. The van der Waals surface area contributed by atoms with Crippen LogP contribution in [0, 0.1) is 5.82 Å². The van der Waals surface area contributed by atoms with Gasteiger partial charge in [0.2, 0.25) is 0 Å². The predicted octanol–water partition coefficient (Wildman–Crippen LogP) is 13.1. The number of benzene rings is 8. The van der Waals surface area contributed by atoms with Crippen molar-refractivity contribution < 1.29 is 4.39 Å². The smallest absolute Gasteiger partial charge is 0.123 e. The molecular weight excluding hydrogens is 610 g/mol. The van der Waals surface area contributed by atoms with Crippen molar-refractivity contribution in [3.63, 3.8) is 0 Å². The van der Waals surface area contributed by atoms with E-state index < -0.39 is 5.41 Å². The largest absolute Gasteiger partial charge is 0.310 e. The summed E-state index contributed by atoms with van der Waals surface area (Å²) in [6, 6.07) is 58.5. The molecular formula is C48H34FN. The normalized spacial score (nSPS) is 13.4. The summed E-state index contributed by atoms with van der Waals surface area (Å²) in [6.45, 7) is 4.42. The van der Waals surface area contributed by atoms with Gasteiger partial charge in [-0.05, 0) is 126 Å². The molecule has 10 rings (SSSR count). The Morgan fingerprint density at radius 1 is 0.460 bits per heavy atom. The first-order chi connectivity index (χ1) is 24.5. The average Bonchev–Trinajstić information content (AvgIpc) is 3.63. The van der Waals surface area contributed by atoms with Gasteiger partial charge in [-0.3, -0.25) is 0 Å². The first-order valence-corrected chi connectivity index (χ1v) is 17.5. The van der Waals surface area contributed by atoms with Crippen LogP contribution in [0.15, 0.2) is 164 Å². The Labute approximate surface area is 291 Å². The van der Waals surface area contributed by atoms with Gasteiger partial charge in [0.15, 0.2) is 0 Å². The van der Waals surface area contributed by atoms with E-state index in [9.17, 15) is 4.39 Å². The van der Waals surface area contributed by atoms with Crippen LogP contribution in [0.25, 0.3) is 43.8 Å². The van der Waals surface area contributed by atoms with Gasteiger partial charge in [-0.2, -0.15) is 0 Å². The molecule has 2 aliphatic carbocycles. The number of hydrogen-bond acceptors (Lipinski definition) is 1. The first-order valence-electron chi connectivity index (χ1n) is 17.5. The second-order valence-corrected chi connectivity index (χ2v) is 14.0. The Bertz CT molecular complexity index is 2590. The lowest BCUT2D eigenvalue weighted by atomic mass is 9.68. The van der Waals surface area contributed by atoms with E-state index in [0.29, 0.717) is 5.92 Å². The molecule has 0 bridgehead atoms. The monoisotopic (exact) mass is 643 g/mol. The SMILES string of the molecule is CC(C)c1ccc(N(c2ccc(F)cc2)c2ccc3c4c(ccc3c2)-c2ccc3ccccc3c2C42c3ccccc3-c3ccccc32)cc1. The Morgan fingerprint density at radius 3 is 1.62 bits per heavy atom. The quantitative estimate of drug-likeness (QED) is 0.184. The summed E-state index contributed by atoms with van der Waals surface area (Å²) in [5, 5.41) is 4.97. The van der Waals surface area contributed by atoms with Crippen molar-refractivity contribution in [3.8, 4) is 22.3 Å². The van der Waals surface area contributed by atoms with Crippen LogP contribution in [-0.2, 0) is 5.41 Å². The minimum absolute atomic E-state index is 0.243. The lowest BCUT2D eigenvalue weighted by Gasteiger charge is -2.32. The van der Waals surface area contributed by atoms with E-state index in [2.05, 4.69) is 158 Å². The molecule has 0 amide bonds. The topological polar surface area (TPSA) is 3.24 Å². The highest BCUT2D eigenvalue weighted by Gasteiger charge is 2.53. The van der Waals surface area contributed by atoms with Gasteiger partial charge in [0.05, 0.1) is 5.41 Å². The molecule has 0 aliphatic heterocycles. The van der Waals surface area contributed by atoms with E-state index in [1.807, 2.05) is 12.1 Å². The number of anilines is 3. The van der Waals surface area contributed by atoms with E-state index in [0.717, 1.165) is 17.1 Å². The summed E-state index contributed by atoms with van der Waals surface area (Å²) in [5.74, 6) is 0.193. The summed E-state index contributed by atoms with van der Waals surface area (Å²) in [7, 11) is 0. The minimum Gasteiger partial charge on any atom is -0.310 e. The summed E-state index contributed by atoms with van der Waals surface area (Å²) in [5.41, 5.74) is 14.4. The molecule has 0 saturated carbocycles. The fraction of sp³-hybridized carbons (Fsp3) is 0.0833. The Hall–Kier alpha value is -5.99. The van der Waals surface area contributed by atoms with Crippen molar-refractivity contribution in [2.24, 2.45) is 0 Å². The highest BCUT2D eigenvalue weighted by molar-refractivity contribution is 6.09. The third-order valence-electron chi connectivity index (χ3n) is 11.1. The van der Waals surface area contributed by atoms with Crippen molar-refractivity contribution in [3.05, 3.63) is 197 Å². The van der Waals surface area contributed by atoms with Gasteiger partial charge in [0.1, 0.15) is 5.82 Å². The maximum atomic E-state index is 14.2. The molecule has 238 valence electrons. The Kier molecular flexibility index (Phi) is 6.23. The fourth-order valence-corrected chi connectivity index (χ4v) is 8.93. The predicted molar refractivity (Wildman–Crippen MR) is 206 cm³/mol. The molecule has 0 atom stereocenters. The zero-order valence-electron chi connectivity index (χ0n) is 28.0. The molecule has 2 aliphatic rings. The van der Waals surface area contributed by atoms with Gasteiger partial charge in [-0.1, -0.05) is 129 Å². The number of hydrogen-bond donors (Lipinski definition) is 0. The maximum Gasteiger partial charge on any atom is 0.123 e. The van der Waals surface area contributed by atoms with Crippen molar-refractivity contribution in [1.82, 2.24) is 0 Å². The Morgan fingerprint density at radius 2 is 0.980 bits per heavy atom. The highest BCUT2D eigenvalue weighted by atomic mass is 19.1. The van der Waals surface area contributed by atoms with Crippen molar-refractivity contribution in [2.75, 3.05) is 4.90 Å². The van der Waals surface area contributed by atoms with Crippen LogP contribution in [0.5, 0.6) is 0 Å². The Balaban J connectivity index is 1.26. The van der Waals surface area contributed by atoms with E-state index in [1.165, 1.54) is 71.6 Å². The van der Waals surface area contributed by atoms with Gasteiger partial charge >= 0.3 is 0 Å². The van der Waals surface area contributed by atoms with Crippen LogP contribution in [0.4, 0.5) is 21.5 Å². The second kappa shape index (κ2) is 10.8. The van der Waals surface area contributed by atoms with Crippen LogP contribution < -0.4 is 4.90 Å². The molecule has 1 spiro atoms. The van der Waals surface area contributed by atoms with Gasteiger partial charge in [-0.25, -0.2) is 4.39 Å². The van der Waals surface area contributed by atoms with Crippen LogP contribution in [0.2, 0.25) is 0 Å². The summed E-state index contributed by atoms with van der Waals surface area (Å²) in [4.78, 5) is 2.23. The van der Waals surface area contributed by atoms with Gasteiger partial charge in [0.25, 0.3) is 0 Å². The van der Waals surface area contributed by atoms with E-state index >= 15 is 0 Å². The van der Waals surface area contributed by atoms with E-state index in [1.54, 1.807) is 12.1 Å². The maximum absolute atomic E-state index is 14.2. The van der Waals surface area contributed by atoms with Crippen LogP contribution in [0.1, 0.15) is 47.6 Å². The summed E-state index contributed by atoms with van der Waals surface area (Å²) in [6.07, 6.45) is 0. The highest BCUT2D eigenvalue weighted by Crippen LogP contribution is 2.65. The molecule has 0 unspecified atom stereocenters. The third-order valence-corrected chi connectivity index (χ3v) is 11.1. The van der Waals surface area contributed by atoms with E-state index in [-0.39, 0.29) is 5.82 Å². The van der Waals surface area contributed by atoms with Crippen LogP contribution in [-0.4, -0.2) is 0 Å². The van der Waals surface area contributed by atoms with Gasteiger partial charge < -0.3 is 4.90 Å². The lowest BCUT2D eigenvalue weighted by molar-refractivity contribution is 0.628. The van der Waals surface area contributed by atoms with Gasteiger partial charge in [-0.15, -0.1) is 0 Å². The molecule has 8 aromatic rings. The molecule has 0 N–H and O–H groups in total. The average molecular weight is 644 g/mol. The van der Waals surface area contributed by atoms with Crippen molar-refractivity contribution in [1.29, 1.82) is 0 Å². The number of fused-ring (bicyclic) bond motifs is 14. The van der Waals surface area contributed by atoms with Crippen molar-refractivity contribution >= 4 is 38.6 Å². The molecule has 0 saturated heterocycles. The van der Waals surface area contributed by atoms with E-state index in [4.69, 9.17) is 0 Å². The molecule has 0 fully saturated rings.